The molecule has 3 heterocycles. The van der Waals surface area contributed by atoms with Gasteiger partial charge in [0.2, 0.25) is 5.43 Å². The molecule has 8 nitrogen and oxygen atoms in total. The van der Waals surface area contributed by atoms with E-state index in [0.717, 1.165) is 12.1 Å². The number of nitrogens with one attached hydrogen (secondary N) is 1. The molecule has 1 aromatic carbocycles. The highest BCUT2D eigenvalue weighted by atomic mass is 19.1. The molecule has 0 spiro atoms. The van der Waals surface area contributed by atoms with Crippen LogP contribution in [-0.4, -0.2) is 52.7 Å². The number of carbonyl (C=O) groups excluding carboxylic acids is 2. The highest BCUT2D eigenvalue weighted by Gasteiger charge is 2.38. The summed E-state index contributed by atoms with van der Waals surface area (Å²) in [6, 6.07) is 1.97. The van der Waals surface area contributed by atoms with E-state index in [4.69, 9.17) is 4.74 Å². The molecule has 1 fully saturated rings. The van der Waals surface area contributed by atoms with Crippen molar-refractivity contribution >= 4 is 11.8 Å². The van der Waals surface area contributed by atoms with Gasteiger partial charge in [0.1, 0.15) is 17.2 Å². The lowest BCUT2D eigenvalue weighted by Gasteiger charge is -2.34. The minimum absolute atomic E-state index is 0.130. The summed E-state index contributed by atoms with van der Waals surface area (Å²) in [6.07, 6.45) is 2.23. The van der Waals surface area contributed by atoms with Gasteiger partial charge in [0.05, 0.1) is 12.1 Å². The van der Waals surface area contributed by atoms with Crippen LogP contribution in [0.2, 0.25) is 0 Å². The van der Waals surface area contributed by atoms with Crippen molar-refractivity contribution in [1.82, 2.24) is 14.8 Å². The number of fused-ring (bicyclic) bond motifs is 4. The molecular formula is C22H23F2N3O5. The van der Waals surface area contributed by atoms with Crippen molar-refractivity contribution in [1.29, 1.82) is 0 Å². The molecule has 2 aliphatic heterocycles. The first-order valence-electron chi connectivity index (χ1n) is 10.2. The van der Waals surface area contributed by atoms with Crippen LogP contribution in [-0.2, 0) is 11.3 Å². The van der Waals surface area contributed by atoms with Gasteiger partial charge in [-0.15, -0.1) is 0 Å². The molecular weight excluding hydrogens is 424 g/mol. The zero-order valence-electron chi connectivity index (χ0n) is 17.7. The fraction of sp³-hybridized carbons (Fsp3) is 0.409. The van der Waals surface area contributed by atoms with Crippen LogP contribution in [0.4, 0.5) is 8.78 Å². The normalized spacial score (nSPS) is 20.0. The maximum absolute atomic E-state index is 14.1. The Morgan fingerprint density at radius 3 is 2.62 bits per heavy atom. The molecule has 10 heteroatoms. The van der Waals surface area contributed by atoms with Crippen molar-refractivity contribution in [2.24, 2.45) is 0 Å². The van der Waals surface area contributed by atoms with Crippen molar-refractivity contribution < 1.29 is 28.2 Å². The Kier molecular flexibility index (Phi) is 5.72. The van der Waals surface area contributed by atoms with E-state index in [2.05, 4.69) is 5.32 Å². The highest BCUT2D eigenvalue weighted by Crippen LogP contribution is 2.32. The van der Waals surface area contributed by atoms with E-state index in [9.17, 15) is 28.3 Å². The fourth-order valence-electron chi connectivity index (χ4n) is 4.33. The van der Waals surface area contributed by atoms with E-state index in [1.54, 1.807) is 12.0 Å². The maximum Gasteiger partial charge on any atom is 0.274 e. The molecule has 0 radical (unpaired) electrons. The minimum atomic E-state index is -1.02. The van der Waals surface area contributed by atoms with E-state index in [1.807, 2.05) is 0 Å². The number of ether oxygens (including phenoxy) is 1. The van der Waals surface area contributed by atoms with Crippen molar-refractivity contribution in [3.8, 4) is 5.75 Å². The number of nitrogens with zero attached hydrogens (tertiary/aromatic N) is 2. The number of aromatic hydroxyl groups is 1. The molecule has 2 unspecified atom stereocenters. The average molecular weight is 447 g/mol. The number of hydrogen-bond donors (Lipinski definition) is 2. The molecule has 2 atom stereocenters. The number of methoxy groups -OCH3 is 1. The summed E-state index contributed by atoms with van der Waals surface area (Å²) < 4.78 is 35.0. The third-order valence-corrected chi connectivity index (χ3v) is 6.07. The van der Waals surface area contributed by atoms with Gasteiger partial charge in [-0.1, -0.05) is 0 Å². The monoisotopic (exact) mass is 447 g/mol. The molecule has 4 rings (SSSR count). The van der Waals surface area contributed by atoms with Crippen molar-refractivity contribution in [3.63, 3.8) is 0 Å². The van der Waals surface area contributed by atoms with Gasteiger partial charge in [-0.25, -0.2) is 8.78 Å². The third-order valence-electron chi connectivity index (χ3n) is 6.07. The van der Waals surface area contributed by atoms with Gasteiger partial charge in [0.15, 0.2) is 11.4 Å². The highest BCUT2D eigenvalue weighted by molar-refractivity contribution is 5.99. The number of hydrogen-bond acceptors (Lipinski definition) is 5. The van der Waals surface area contributed by atoms with Crippen LogP contribution >= 0.6 is 0 Å². The number of halogens is 2. The van der Waals surface area contributed by atoms with Crippen LogP contribution in [0.5, 0.6) is 5.75 Å². The Morgan fingerprint density at radius 1 is 1.28 bits per heavy atom. The zero-order valence-corrected chi connectivity index (χ0v) is 17.7. The van der Waals surface area contributed by atoms with Gasteiger partial charge in [-0.05, 0) is 37.5 Å². The molecule has 2 amide bonds. The van der Waals surface area contributed by atoms with E-state index >= 15 is 0 Å². The summed E-state index contributed by atoms with van der Waals surface area (Å²) in [6.45, 7) is 1.84. The first-order valence-corrected chi connectivity index (χ1v) is 10.2. The zero-order chi connectivity index (χ0) is 23.2. The first kappa shape index (κ1) is 21.9. The lowest BCUT2D eigenvalue weighted by atomic mass is 10.0. The minimum Gasteiger partial charge on any atom is -0.503 e. The number of carbonyl (C=O) groups is 2. The molecule has 170 valence electrons. The largest absolute Gasteiger partial charge is 0.503 e. The molecule has 2 aromatic rings. The number of rotatable bonds is 4. The Labute approximate surface area is 182 Å². The fourth-order valence-corrected chi connectivity index (χ4v) is 4.33. The molecule has 0 saturated carbocycles. The van der Waals surface area contributed by atoms with Crippen molar-refractivity contribution in [2.75, 3.05) is 20.2 Å². The summed E-state index contributed by atoms with van der Waals surface area (Å²) in [5.41, 5.74) is -1.56. The Hall–Kier alpha value is -3.27. The molecule has 2 N–H and O–H groups in total. The van der Waals surface area contributed by atoms with Gasteiger partial charge < -0.3 is 24.6 Å². The number of aryl methyl sites for hydroxylation is 1. The summed E-state index contributed by atoms with van der Waals surface area (Å²) in [5, 5.41) is 12.8. The van der Waals surface area contributed by atoms with E-state index in [-0.39, 0.29) is 23.4 Å². The molecule has 2 aliphatic rings. The lowest BCUT2D eigenvalue weighted by molar-refractivity contribution is 0.0677. The van der Waals surface area contributed by atoms with Gasteiger partial charge >= 0.3 is 0 Å². The van der Waals surface area contributed by atoms with Crippen LogP contribution in [0.25, 0.3) is 0 Å². The quantitative estimate of drug-likeness (QED) is 0.746. The van der Waals surface area contributed by atoms with E-state index in [1.165, 1.54) is 17.7 Å². The van der Waals surface area contributed by atoms with Gasteiger partial charge in [0, 0.05) is 38.5 Å². The van der Waals surface area contributed by atoms with E-state index < -0.39 is 46.7 Å². The number of benzene rings is 1. The smallest absolute Gasteiger partial charge is 0.274 e. The second-order valence-corrected chi connectivity index (χ2v) is 8.15. The van der Waals surface area contributed by atoms with Gasteiger partial charge in [-0.2, -0.15) is 0 Å². The molecule has 2 bridgehead atoms. The number of aromatic nitrogens is 1. The van der Waals surface area contributed by atoms with Gasteiger partial charge in [0.25, 0.3) is 11.8 Å². The summed E-state index contributed by atoms with van der Waals surface area (Å²) in [4.78, 5) is 39.8. The molecule has 1 saturated heterocycles. The Balaban J connectivity index is 1.67. The molecule has 32 heavy (non-hydrogen) atoms. The van der Waals surface area contributed by atoms with Crippen molar-refractivity contribution in [3.05, 3.63) is 62.6 Å². The van der Waals surface area contributed by atoms with Crippen LogP contribution in [0, 0.1) is 18.6 Å². The maximum atomic E-state index is 14.1. The molecule has 0 aliphatic carbocycles. The Bertz CT molecular complexity index is 1140. The first-order chi connectivity index (χ1) is 15.2. The SMILES string of the molecule is COC1CCN2CC(C1)n1cc(C(=O)NCc3c(F)cc(C)cc3F)c(=O)c(O)c1C2=O. The van der Waals surface area contributed by atoms with Crippen LogP contribution in [0.3, 0.4) is 0 Å². The van der Waals surface area contributed by atoms with Crippen LogP contribution in [0.15, 0.2) is 23.1 Å². The standard InChI is InChI=1S/C22H23F2N3O5/c1-11-5-16(23)14(17(24)6-11)8-25-21(30)15-10-27-12-7-13(32-2)3-4-26(9-12)22(31)18(27)20(29)19(15)28/h5-6,10,12-13,29H,3-4,7-9H2,1-2H3,(H,25,30). The summed E-state index contributed by atoms with van der Waals surface area (Å²) >= 11 is 0. The average Bonchev–Trinajstić information content (AvgIpc) is 2.94. The van der Waals surface area contributed by atoms with Crippen LogP contribution in [0.1, 0.15) is 50.9 Å². The lowest BCUT2D eigenvalue weighted by Crippen LogP contribution is -2.44. The van der Waals surface area contributed by atoms with Gasteiger partial charge in [-0.3, -0.25) is 14.4 Å². The van der Waals surface area contributed by atoms with Crippen molar-refractivity contribution in [2.45, 2.75) is 38.5 Å². The second-order valence-electron chi connectivity index (χ2n) is 8.15. The predicted molar refractivity (Wildman–Crippen MR) is 110 cm³/mol. The van der Waals surface area contributed by atoms with Crippen LogP contribution < -0.4 is 10.7 Å². The number of amides is 2. The summed E-state index contributed by atoms with van der Waals surface area (Å²) in [7, 11) is 1.57. The predicted octanol–water partition coefficient (Wildman–Crippen LogP) is 1.88. The van der Waals surface area contributed by atoms with E-state index in [0.29, 0.717) is 31.5 Å². The summed E-state index contributed by atoms with van der Waals surface area (Å²) in [5.74, 6) is -3.86. The third kappa shape index (κ3) is 3.75. The second kappa shape index (κ2) is 8.34. The topological polar surface area (TPSA) is 101 Å². The Morgan fingerprint density at radius 2 is 1.97 bits per heavy atom. The number of pyridine rings is 1. The molecule has 1 aromatic heterocycles.